The summed E-state index contributed by atoms with van der Waals surface area (Å²) < 4.78 is 43.6. The Hall–Kier alpha value is -4.14. The highest BCUT2D eigenvalue weighted by molar-refractivity contribution is 6.05. The number of rotatable bonds is 6. The smallest absolute Gasteiger partial charge is 0.416 e. The standard InChI is InChI=1S/C24H19F3N2O4/c1-33-23(32)18-10-15(14-28-21(30)16-6-3-2-4-7-16)11-20(13-18)29-22(31)17-8-5-9-19(12-17)24(25,26)27/h2-13H,14H2,1H3,(H,28,30)(H,29,31). The number of anilines is 1. The molecule has 0 aliphatic heterocycles. The van der Waals surface area contributed by atoms with Gasteiger partial charge < -0.3 is 15.4 Å². The normalized spacial score (nSPS) is 10.9. The summed E-state index contributed by atoms with van der Waals surface area (Å²) in [6.45, 7) is 0.0327. The summed E-state index contributed by atoms with van der Waals surface area (Å²) >= 11 is 0. The molecular formula is C24H19F3N2O4. The van der Waals surface area contributed by atoms with Gasteiger partial charge in [0.2, 0.25) is 0 Å². The second-order valence-electron chi connectivity index (χ2n) is 6.99. The fourth-order valence-electron chi connectivity index (χ4n) is 3.02. The van der Waals surface area contributed by atoms with Crippen molar-refractivity contribution in [2.24, 2.45) is 0 Å². The van der Waals surface area contributed by atoms with Crippen molar-refractivity contribution in [3.8, 4) is 0 Å². The molecule has 0 aliphatic rings. The van der Waals surface area contributed by atoms with E-state index >= 15 is 0 Å². The van der Waals surface area contributed by atoms with Crippen LogP contribution in [0.2, 0.25) is 0 Å². The molecule has 2 N–H and O–H groups in total. The molecule has 0 fully saturated rings. The molecule has 0 aliphatic carbocycles. The second-order valence-corrected chi connectivity index (χ2v) is 6.99. The first-order valence-corrected chi connectivity index (χ1v) is 9.71. The third kappa shape index (κ3) is 6.19. The van der Waals surface area contributed by atoms with Crippen LogP contribution < -0.4 is 10.6 Å². The Morgan fingerprint density at radius 3 is 2.18 bits per heavy atom. The van der Waals surface area contributed by atoms with Crippen molar-refractivity contribution < 1.29 is 32.3 Å². The van der Waals surface area contributed by atoms with Crippen molar-refractivity contribution in [2.45, 2.75) is 12.7 Å². The Morgan fingerprint density at radius 1 is 0.818 bits per heavy atom. The van der Waals surface area contributed by atoms with Gasteiger partial charge in [0.05, 0.1) is 18.2 Å². The second kappa shape index (κ2) is 9.99. The van der Waals surface area contributed by atoms with Gasteiger partial charge in [-0.15, -0.1) is 0 Å². The van der Waals surface area contributed by atoms with E-state index in [1.807, 2.05) is 0 Å². The van der Waals surface area contributed by atoms with E-state index in [4.69, 9.17) is 4.74 Å². The predicted molar refractivity (Wildman–Crippen MR) is 115 cm³/mol. The van der Waals surface area contributed by atoms with Gasteiger partial charge in [-0.2, -0.15) is 13.2 Å². The molecule has 6 nitrogen and oxygen atoms in total. The van der Waals surface area contributed by atoms with Crippen LogP contribution in [0, 0.1) is 0 Å². The minimum absolute atomic E-state index is 0.0327. The maximum Gasteiger partial charge on any atom is 0.416 e. The first-order valence-electron chi connectivity index (χ1n) is 9.71. The van der Waals surface area contributed by atoms with E-state index in [1.165, 1.54) is 31.4 Å². The van der Waals surface area contributed by atoms with Gasteiger partial charge in [0.15, 0.2) is 0 Å². The molecule has 0 radical (unpaired) electrons. The van der Waals surface area contributed by atoms with Crippen LogP contribution in [0.5, 0.6) is 0 Å². The summed E-state index contributed by atoms with van der Waals surface area (Å²) in [6, 6.07) is 16.8. The number of carbonyl (C=O) groups is 3. The summed E-state index contributed by atoms with van der Waals surface area (Å²) in [5.41, 5.74) is 0.0174. The molecule has 0 bridgehead atoms. The molecule has 0 aromatic heterocycles. The molecule has 170 valence electrons. The lowest BCUT2D eigenvalue weighted by molar-refractivity contribution is -0.137. The maximum atomic E-state index is 12.9. The largest absolute Gasteiger partial charge is 0.465 e. The third-order valence-corrected chi connectivity index (χ3v) is 4.61. The zero-order valence-electron chi connectivity index (χ0n) is 17.4. The van der Waals surface area contributed by atoms with Crippen LogP contribution in [0.3, 0.4) is 0 Å². The molecule has 3 rings (SSSR count). The first kappa shape index (κ1) is 23.5. The minimum Gasteiger partial charge on any atom is -0.465 e. The van der Waals surface area contributed by atoms with Crippen molar-refractivity contribution in [2.75, 3.05) is 12.4 Å². The van der Waals surface area contributed by atoms with E-state index in [2.05, 4.69) is 10.6 Å². The van der Waals surface area contributed by atoms with Crippen molar-refractivity contribution >= 4 is 23.5 Å². The van der Waals surface area contributed by atoms with Crippen LogP contribution in [0.4, 0.5) is 18.9 Å². The van der Waals surface area contributed by atoms with E-state index in [-0.39, 0.29) is 29.3 Å². The number of ether oxygens (including phenoxy) is 1. The first-order chi connectivity index (χ1) is 15.7. The number of carbonyl (C=O) groups excluding carboxylic acids is 3. The molecule has 0 saturated carbocycles. The predicted octanol–water partition coefficient (Wildman–Crippen LogP) is 4.67. The van der Waals surface area contributed by atoms with Gasteiger partial charge >= 0.3 is 12.1 Å². The lowest BCUT2D eigenvalue weighted by Gasteiger charge is -2.12. The fraction of sp³-hybridized carbons (Fsp3) is 0.125. The van der Waals surface area contributed by atoms with Gasteiger partial charge in [0.25, 0.3) is 11.8 Å². The highest BCUT2D eigenvalue weighted by Crippen LogP contribution is 2.29. The molecule has 9 heteroatoms. The van der Waals surface area contributed by atoms with Crippen LogP contribution in [0.1, 0.15) is 42.2 Å². The highest BCUT2D eigenvalue weighted by Gasteiger charge is 2.30. The summed E-state index contributed by atoms with van der Waals surface area (Å²) in [7, 11) is 1.19. The van der Waals surface area contributed by atoms with Crippen LogP contribution in [0.25, 0.3) is 0 Å². The van der Waals surface area contributed by atoms with E-state index in [1.54, 1.807) is 30.3 Å². The molecular weight excluding hydrogens is 437 g/mol. The SMILES string of the molecule is COC(=O)c1cc(CNC(=O)c2ccccc2)cc(NC(=O)c2cccc(C(F)(F)F)c2)c1. The summed E-state index contributed by atoms with van der Waals surface area (Å²) in [6.07, 6.45) is -4.59. The van der Waals surface area contributed by atoms with Gasteiger partial charge in [-0.1, -0.05) is 24.3 Å². The summed E-state index contributed by atoms with van der Waals surface area (Å²) in [4.78, 5) is 36.9. The lowest BCUT2D eigenvalue weighted by Crippen LogP contribution is -2.23. The number of hydrogen-bond donors (Lipinski definition) is 2. The van der Waals surface area contributed by atoms with Gasteiger partial charge in [-0.3, -0.25) is 9.59 Å². The Balaban J connectivity index is 1.82. The van der Waals surface area contributed by atoms with E-state index in [0.29, 0.717) is 11.1 Å². The quantitative estimate of drug-likeness (QED) is 0.528. The molecule has 33 heavy (non-hydrogen) atoms. The van der Waals surface area contributed by atoms with Crippen molar-refractivity contribution in [1.29, 1.82) is 0 Å². The zero-order valence-corrected chi connectivity index (χ0v) is 17.4. The van der Waals surface area contributed by atoms with Crippen LogP contribution in [0.15, 0.2) is 72.8 Å². The van der Waals surface area contributed by atoms with Gasteiger partial charge in [0, 0.05) is 23.4 Å². The molecule has 0 heterocycles. The number of hydrogen-bond acceptors (Lipinski definition) is 4. The Labute approximate surface area is 187 Å². The van der Waals surface area contributed by atoms with E-state index in [9.17, 15) is 27.6 Å². The number of amides is 2. The van der Waals surface area contributed by atoms with Crippen molar-refractivity contribution in [3.63, 3.8) is 0 Å². The van der Waals surface area contributed by atoms with Gasteiger partial charge in [-0.25, -0.2) is 4.79 Å². The molecule has 2 amide bonds. The topological polar surface area (TPSA) is 84.5 Å². The number of alkyl halides is 3. The minimum atomic E-state index is -4.59. The molecule has 0 saturated heterocycles. The number of nitrogens with one attached hydrogen (secondary N) is 2. The number of methoxy groups -OCH3 is 1. The van der Waals surface area contributed by atoms with Crippen molar-refractivity contribution in [1.82, 2.24) is 5.32 Å². The molecule has 0 spiro atoms. The fourth-order valence-corrected chi connectivity index (χ4v) is 3.02. The molecule has 3 aromatic rings. The molecule has 0 unspecified atom stereocenters. The zero-order chi connectivity index (χ0) is 24.0. The van der Waals surface area contributed by atoms with Gasteiger partial charge in [0.1, 0.15) is 0 Å². The summed E-state index contributed by atoms with van der Waals surface area (Å²) in [5, 5.41) is 5.20. The number of esters is 1. The lowest BCUT2D eigenvalue weighted by atomic mass is 10.1. The average molecular weight is 456 g/mol. The monoisotopic (exact) mass is 456 g/mol. The Kier molecular flexibility index (Phi) is 7.12. The van der Waals surface area contributed by atoms with E-state index in [0.717, 1.165) is 18.2 Å². The average Bonchev–Trinajstić information content (AvgIpc) is 2.82. The maximum absolute atomic E-state index is 12.9. The van der Waals surface area contributed by atoms with Crippen LogP contribution in [-0.2, 0) is 17.5 Å². The highest BCUT2D eigenvalue weighted by atomic mass is 19.4. The molecule has 0 atom stereocenters. The summed E-state index contributed by atoms with van der Waals surface area (Å²) in [5.74, 6) is -1.81. The number of benzene rings is 3. The van der Waals surface area contributed by atoms with Crippen molar-refractivity contribution in [3.05, 3.63) is 101 Å². The third-order valence-electron chi connectivity index (χ3n) is 4.61. The van der Waals surface area contributed by atoms with Gasteiger partial charge in [-0.05, 0) is 54.1 Å². The number of halogens is 3. The van der Waals surface area contributed by atoms with E-state index < -0.39 is 23.6 Å². The van der Waals surface area contributed by atoms with Crippen LogP contribution >= 0.6 is 0 Å². The Morgan fingerprint density at radius 2 is 1.52 bits per heavy atom. The Bertz CT molecular complexity index is 1180. The van der Waals surface area contributed by atoms with Crippen LogP contribution in [-0.4, -0.2) is 24.9 Å². The molecule has 3 aromatic carbocycles.